The molecule has 0 unspecified atom stereocenters. The molecule has 5 aromatic carbocycles. The molecule has 0 atom stereocenters. The summed E-state index contributed by atoms with van der Waals surface area (Å²) in [5, 5.41) is 23.6. The molecule has 0 aromatic heterocycles. The van der Waals surface area contributed by atoms with E-state index in [0.717, 1.165) is 72.7 Å². The van der Waals surface area contributed by atoms with E-state index in [1.807, 2.05) is 54.6 Å². The Kier molecular flexibility index (Phi) is 27.6. The lowest BCUT2D eigenvalue weighted by atomic mass is 10.1. The molecule has 338 valence electrons. The molecule has 0 aliphatic carbocycles. The van der Waals surface area contributed by atoms with Crippen LogP contribution in [0.2, 0.25) is 0 Å². The Morgan fingerprint density at radius 2 is 0.825 bits per heavy atom. The lowest BCUT2D eigenvalue weighted by Gasteiger charge is -2.27. The first-order valence-electron chi connectivity index (χ1n) is 19.5. The Hall–Kier alpha value is -4.16. The van der Waals surface area contributed by atoms with Crippen molar-refractivity contribution in [3.05, 3.63) is 178 Å². The van der Waals surface area contributed by atoms with E-state index in [2.05, 4.69) is 105 Å². The molecular weight excluding hydrogens is 906 g/mol. The summed E-state index contributed by atoms with van der Waals surface area (Å²) >= 11 is 6.17. The SMILES string of the molecule is C.Cl.Cl.N=C(N)SCc1ccccc1CSC(=N)N.NCc1ccccc1.c1ccc(CN2CN=C(SCc3ccccc3CSC3=NCN(Cc4ccccc4)CN3)NC2)cc1. The van der Waals surface area contributed by atoms with Gasteiger partial charge in [0.15, 0.2) is 20.7 Å². The standard InChI is InChI=1S/C28H32N6S2.C10H14N4S2.C7H9N.CH4.2ClH/c1-3-9-23(10-4-1)15-33-19-29-27(30-20-33)35-17-25-13-7-8-14-26(25)18-36-28-31-21-34(22-32-28)16-24-11-5-2-6-12-24;11-9(12)15-5-7-3-1-2-4-8(7)6-16-10(13)14;8-6-7-4-2-1-3-5-7;;;/h1-14H,15-22H2,(H,29,30)(H,31,32);1-4H,5-6H2,(H3,11,12)(H3,13,14);1-5H,6,8H2;1H4;2*1H. The zero-order valence-electron chi connectivity index (χ0n) is 34.5. The lowest BCUT2D eigenvalue weighted by Crippen LogP contribution is -2.41. The fourth-order valence-corrected chi connectivity index (χ4v) is 8.85. The summed E-state index contributed by atoms with van der Waals surface area (Å²) in [5.41, 5.74) is 24.8. The second-order valence-corrected chi connectivity index (χ2v) is 17.6. The molecule has 0 fully saturated rings. The summed E-state index contributed by atoms with van der Waals surface area (Å²) < 4.78 is 0. The number of aliphatic imine (C=N–C) groups is 2. The summed E-state index contributed by atoms with van der Waals surface area (Å²) in [7, 11) is 0. The van der Waals surface area contributed by atoms with Gasteiger partial charge in [-0.25, -0.2) is 9.98 Å². The lowest BCUT2D eigenvalue weighted by molar-refractivity contribution is 0.258. The normalized spacial score (nSPS) is 13.2. The maximum atomic E-state index is 7.17. The number of benzene rings is 5. The van der Waals surface area contributed by atoms with Gasteiger partial charge in [-0.1, -0.05) is 194 Å². The maximum absolute atomic E-state index is 7.17. The first-order valence-corrected chi connectivity index (χ1v) is 23.4. The van der Waals surface area contributed by atoms with E-state index in [1.54, 1.807) is 23.5 Å². The number of nitrogens with two attached hydrogens (primary N) is 3. The quantitative estimate of drug-likeness (QED) is 0.0441. The van der Waals surface area contributed by atoms with Crippen molar-refractivity contribution in [1.29, 1.82) is 10.8 Å². The largest absolute Gasteiger partial charge is 0.379 e. The van der Waals surface area contributed by atoms with Gasteiger partial charge in [0, 0.05) is 42.6 Å². The van der Waals surface area contributed by atoms with Crippen molar-refractivity contribution in [2.75, 3.05) is 26.7 Å². The number of hydrogen-bond donors (Lipinski definition) is 7. The van der Waals surface area contributed by atoms with Gasteiger partial charge in [-0.15, -0.1) is 24.8 Å². The van der Waals surface area contributed by atoms with Crippen molar-refractivity contribution in [3.8, 4) is 0 Å². The van der Waals surface area contributed by atoms with E-state index in [0.29, 0.717) is 18.1 Å². The summed E-state index contributed by atoms with van der Waals surface area (Å²) in [4.78, 5) is 14.1. The summed E-state index contributed by atoms with van der Waals surface area (Å²) in [6, 6.07) is 47.7. The molecule has 2 heterocycles. The van der Waals surface area contributed by atoms with Crippen molar-refractivity contribution < 1.29 is 0 Å². The molecule has 63 heavy (non-hydrogen) atoms. The molecule has 0 saturated heterocycles. The van der Waals surface area contributed by atoms with Gasteiger partial charge in [0.1, 0.15) is 0 Å². The fourth-order valence-electron chi connectivity index (χ4n) is 5.88. The average Bonchev–Trinajstić information content (AvgIpc) is 3.29. The van der Waals surface area contributed by atoms with Gasteiger partial charge in [0.25, 0.3) is 0 Å². The second-order valence-electron chi connectivity index (χ2n) is 13.6. The predicted molar refractivity (Wildman–Crippen MR) is 282 cm³/mol. The number of rotatable bonds is 13. The molecule has 2 aliphatic heterocycles. The molecule has 7 rings (SSSR count). The predicted octanol–water partition coefficient (Wildman–Crippen LogP) is 9.47. The molecule has 17 heteroatoms. The molecule has 0 bridgehead atoms. The van der Waals surface area contributed by atoms with Crippen LogP contribution in [0, 0.1) is 10.8 Å². The van der Waals surface area contributed by atoms with Crippen LogP contribution >= 0.6 is 71.9 Å². The molecule has 0 amide bonds. The highest BCUT2D eigenvalue weighted by molar-refractivity contribution is 8.13. The average molecular weight is 967 g/mol. The van der Waals surface area contributed by atoms with E-state index in [-0.39, 0.29) is 42.6 Å². The minimum absolute atomic E-state index is 0. The van der Waals surface area contributed by atoms with Crippen LogP contribution < -0.4 is 27.8 Å². The van der Waals surface area contributed by atoms with E-state index >= 15 is 0 Å². The van der Waals surface area contributed by atoms with Gasteiger partial charge in [-0.05, 0) is 38.9 Å². The highest BCUT2D eigenvalue weighted by atomic mass is 35.5. The zero-order valence-corrected chi connectivity index (χ0v) is 39.4. The topological polar surface area (TPSA) is 181 Å². The number of nitrogens with one attached hydrogen (secondary N) is 4. The van der Waals surface area contributed by atoms with Crippen molar-refractivity contribution in [2.24, 2.45) is 27.2 Å². The van der Waals surface area contributed by atoms with Crippen LogP contribution in [0.1, 0.15) is 46.4 Å². The summed E-state index contributed by atoms with van der Waals surface area (Å²) in [6.45, 7) is 5.58. The third-order valence-corrected chi connectivity index (χ3v) is 12.6. The highest BCUT2D eigenvalue weighted by Gasteiger charge is 2.16. The second kappa shape index (κ2) is 31.6. The van der Waals surface area contributed by atoms with Crippen molar-refractivity contribution >= 4 is 92.5 Å². The van der Waals surface area contributed by atoms with Crippen LogP contribution in [0.5, 0.6) is 0 Å². The molecular formula is C46H61Cl2N11S4. The third kappa shape index (κ3) is 21.4. The van der Waals surface area contributed by atoms with Crippen LogP contribution in [0.4, 0.5) is 0 Å². The monoisotopic (exact) mass is 965 g/mol. The maximum Gasteiger partial charge on any atom is 0.159 e. The number of amidine groups is 4. The number of halogens is 2. The highest BCUT2D eigenvalue weighted by Crippen LogP contribution is 2.24. The van der Waals surface area contributed by atoms with Crippen LogP contribution in [-0.2, 0) is 42.6 Å². The Morgan fingerprint density at radius 1 is 0.508 bits per heavy atom. The molecule has 11 nitrogen and oxygen atoms in total. The minimum Gasteiger partial charge on any atom is -0.379 e. The van der Waals surface area contributed by atoms with E-state index in [9.17, 15) is 0 Å². The van der Waals surface area contributed by atoms with Gasteiger partial charge >= 0.3 is 0 Å². The van der Waals surface area contributed by atoms with Crippen LogP contribution in [0.25, 0.3) is 0 Å². The molecule has 5 aromatic rings. The van der Waals surface area contributed by atoms with E-state index in [1.165, 1.54) is 51.3 Å². The van der Waals surface area contributed by atoms with Gasteiger partial charge in [-0.2, -0.15) is 0 Å². The Balaban J connectivity index is 0.000000420. The Morgan fingerprint density at radius 3 is 1.11 bits per heavy atom. The van der Waals surface area contributed by atoms with E-state index in [4.69, 9.17) is 38.0 Å². The third-order valence-electron chi connectivity index (χ3n) is 9.04. The van der Waals surface area contributed by atoms with Crippen molar-refractivity contribution in [3.63, 3.8) is 0 Å². The fraction of sp³-hybridized carbons (Fsp3) is 0.261. The van der Waals surface area contributed by atoms with E-state index < -0.39 is 0 Å². The van der Waals surface area contributed by atoms with Gasteiger partial charge in [-0.3, -0.25) is 20.6 Å². The van der Waals surface area contributed by atoms with Crippen LogP contribution in [0.15, 0.2) is 150 Å². The van der Waals surface area contributed by atoms with Crippen molar-refractivity contribution in [2.45, 2.75) is 50.1 Å². The molecule has 2 aliphatic rings. The van der Waals surface area contributed by atoms with Crippen LogP contribution in [0.3, 0.4) is 0 Å². The first kappa shape index (κ1) is 55.0. The first-order chi connectivity index (χ1) is 29.3. The minimum atomic E-state index is 0. The van der Waals surface area contributed by atoms with Gasteiger partial charge in [0.05, 0.1) is 26.7 Å². The number of thioether (sulfide) groups is 4. The molecule has 0 radical (unpaired) electrons. The zero-order chi connectivity index (χ0) is 42.2. The summed E-state index contributed by atoms with van der Waals surface area (Å²) in [5.74, 6) is 3.19. The molecule has 0 spiro atoms. The Bertz CT molecular complexity index is 1990. The van der Waals surface area contributed by atoms with Gasteiger partial charge < -0.3 is 27.8 Å². The number of nitrogens with zero attached hydrogens (tertiary/aromatic N) is 4. The Labute approximate surface area is 403 Å². The van der Waals surface area contributed by atoms with Crippen molar-refractivity contribution in [1.82, 2.24) is 20.4 Å². The van der Waals surface area contributed by atoms with Gasteiger partial charge in [0.2, 0.25) is 0 Å². The van der Waals surface area contributed by atoms with Crippen LogP contribution in [-0.4, -0.2) is 57.1 Å². The molecule has 0 saturated carbocycles. The summed E-state index contributed by atoms with van der Waals surface area (Å²) in [6.07, 6.45) is 0. The molecule has 10 N–H and O–H groups in total. The number of hydrogen-bond acceptors (Lipinski definition) is 13. The smallest absolute Gasteiger partial charge is 0.159 e.